The molecule has 1 fully saturated rings. The lowest BCUT2D eigenvalue weighted by molar-refractivity contribution is -0.146. The Morgan fingerprint density at radius 3 is 2.55 bits per heavy atom. The van der Waals surface area contributed by atoms with Gasteiger partial charge >= 0.3 is 5.97 Å². The van der Waals surface area contributed by atoms with E-state index in [2.05, 4.69) is 15.9 Å². The molecule has 0 aromatic heterocycles. The minimum atomic E-state index is -3.67. The highest BCUT2D eigenvalue weighted by Crippen LogP contribution is 2.26. The summed E-state index contributed by atoms with van der Waals surface area (Å²) in [5.74, 6) is -0.495. The monoisotopic (exact) mass is 361 g/mol. The Balaban J connectivity index is 2.35. The Hall–Kier alpha value is -0.920. The Labute approximate surface area is 127 Å². The summed E-state index contributed by atoms with van der Waals surface area (Å²) in [7, 11) is -2.39. The van der Waals surface area contributed by atoms with Crippen molar-refractivity contribution in [1.29, 1.82) is 0 Å². The summed E-state index contributed by atoms with van der Waals surface area (Å²) in [4.78, 5) is 12.0. The maximum Gasteiger partial charge on any atom is 0.324 e. The van der Waals surface area contributed by atoms with Gasteiger partial charge in [-0.15, -0.1) is 0 Å². The van der Waals surface area contributed by atoms with Gasteiger partial charge < -0.3 is 4.74 Å². The molecule has 110 valence electrons. The number of nitrogens with zero attached hydrogens (tertiary/aromatic N) is 1. The second-order valence-electron chi connectivity index (χ2n) is 4.60. The van der Waals surface area contributed by atoms with Gasteiger partial charge in [-0.2, -0.15) is 4.31 Å². The number of rotatable bonds is 3. The molecule has 1 aromatic rings. The van der Waals surface area contributed by atoms with Crippen LogP contribution in [0.15, 0.2) is 33.6 Å². The van der Waals surface area contributed by atoms with Crippen LogP contribution in [0.5, 0.6) is 0 Å². The minimum absolute atomic E-state index is 0.191. The SMILES string of the molecule is COC(=O)C1CCCCN1S(=O)(=O)c1ccc(Br)cc1. The van der Waals surface area contributed by atoms with E-state index < -0.39 is 22.0 Å². The summed E-state index contributed by atoms with van der Waals surface area (Å²) in [6, 6.07) is 5.68. The van der Waals surface area contributed by atoms with Crippen LogP contribution >= 0.6 is 15.9 Å². The van der Waals surface area contributed by atoms with E-state index in [-0.39, 0.29) is 4.90 Å². The van der Waals surface area contributed by atoms with E-state index in [1.807, 2.05) is 0 Å². The molecule has 7 heteroatoms. The van der Waals surface area contributed by atoms with Crippen LogP contribution in [0, 0.1) is 0 Å². The number of esters is 1. The first kappa shape index (κ1) is 15.5. The molecule has 0 N–H and O–H groups in total. The highest BCUT2D eigenvalue weighted by molar-refractivity contribution is 9.10. The van der Waals surface area contributed by atoms with Crippen molar-refractivity contribution in [1.82, 2.24) is 4.31 Å². The number of hydrogen-bond acceptors (Lipinski definition) is 4. The molecule has 0 amide bonds. The fourth-order valence-corrected chi connectivity index (χ4v) is 4.22. The zero-order chi connectivity index (χ0) is 14.8. The van der Waals surface area contributed by atoms with E-state index in [0.717, 1.165) is 17.3 Å². The number of hydrogen-bond donors (Lipinski definition) is 0. The van der Waals surface area contributed by atoms with Crippen molar-refractivity contribution in [2.45, 2.75) is 30.2 Å². The van der Waals surface area contributed by atoms with E-state index >= 15 is 0 Å². The van der Waals surface area contributed by atoms with Gasteiger partial charge in [0.1, 0.15) is 6.04 Å². The van der Waals surface area contributed by atoms with Crippen LogP contribution in [0.1, 0.15) is 19.3 Å². The second kappa shape index (κ2) is 6.24. The number of piperidine rings is 1. The van der Waals surface area contributed by atoms with E-state index in [1.54, 1.807) is 12.1 Å². The van der Waals surface area contributed by atoms with Gasteiger partial charge in [-0.25, -0.2) is 8.42 Å². The molecular weight excluding hydrogens is 346 g/mol. The Bertz CT molecular complexity index is 585. The molecule has 20 heavy (non-hydrogen) atoms. The smallest absolute Gasteiger partial charge is 0.324 e. The molecular formula is C13H16BrNO4S. The summed E-state index contributed by atoms with van der Waals surface area (Å²) in [5.41, 5.74) is 0. The average molecular weight is 362 g/mol. The highest BCUT2D eigenvalue weighted by atomic mass is 79.9. The number of carbonyl (C=O) groups excluding carboxylic acids is 1. The highest BCUT2D eigenvalue weighted by Gasteiger charge is 2.38. The molecule has 0 aliphatic carbocycles. The standard InChI is InChI=1S/C13H16BrNO4S/c1-19-13(16)12-4-2-3-9-15(12)20(17,18)11-7-5-10(14)6-8-11/h5-8,12H,2-4,9H2,1H3. The average Bonchev–Trinajstić information content (AvgIpc) is 2.47. The van der Waals surface area contributed by atoms with Crippen LogP contribution in [0.25, 0.3) is 0 Å². The van der Waals surface area contributed by atoms with Crippen molar-refractivity contribution >= 4 is 31.9 Å². The quantitative estimate of drug-likeness (QED) is 0.773. The summed E-state index contributed by atoms with van der Waals surface area (Å²) >= 11 is 3.27. The van der Waals surface area contributed by atoms with Gasteiger partial charge in [-0.1, -0.05) is 15.9 Å². The largest absolute Gasteiger partial charge is 0.468 e. The number of methoxy groups -OCH3 is 1. The van der Waals surface area contributed by atoms with Gasteiger partial charge in [0.05, 0.1) is 12.0 Å². The van der Waals surface area contributed by atoms with Crippen LogP contribution in [-0.2, 0) is 19.6 Å². The number of sulfonamides is 1. The summed E-state index contributed by atoms with van der Waals surface area (Å²) in [6.07, 6.45) is 2.08. The van der Waals surface area contributed by atoms with Gasteiger partial charge in [0, 0.05) is 11.0 Å². The molecule has 1 aromatic carbocycles. The lowest BCUT2D eigenvalue weighted by atomic mass is 10.1. The third-order valence-corrected chi connectivity index (χ3v) is 5.80. The first-order valence-electron chi connectivity index (χ1n) is 6.32. The van der Waals surface area contributed by atoms with Crippen molar-refractivity contribution in [3.8, 4) is 0 Å². The van der Waals surface area contributed by atoms with Crippen molar-refractivity contribution in [2.24, 2.45) is 0 Å². The molecule has 1 heterocycles. The van der Waals surface area contributed by atoms with Crippen LogP contribution in [-0.4, -0.2) is 38.4 Å². The molecule has 1 saturated heterocycles. The first-order chi connectivity index (χ1) is 9.46. The molecule has 0 saturated carbocycles. The van der Waals surface area contributed by atoms with Crippen molar-refractivity contribution in [3.05, 3.63) is 28.7 Å². The Kier molecular flexibility index (Phi) is 4.82. The van der Waals surface area contributed by atoms with Gasteiger partial charge in [-0.3, -0.25) is 4.79 Å². The molecule has 5 nitrogen and oxygen atoms in total. The Morgan fingerprint density at radius 1 is 1.30 bits per heavy atom. The van der Waals surface area contributed by atoms with Gasteiger partial charge in [0.2, 0.25) is 10.0 Å². The molecule has 2 rings (SSSR count). The molecule has 1 atom stereocenters. The second-order valence-corrected chi connectivity index (χ2v) is 7.41. The zero-order valence-electron chi connectivity index (χ0n) is 11.1. The summed E-state index contributed by atoms with van der Waals surface area (Å²) in [5, 5.41) is 0. The van der Waals surface area contributed by atoms with Gasteiger partial charge in [-0.05, 0) is 43.5 Å². The van der Waals surface area contributed by atoms with Gasteiger partial charge in [0.15, 0.2) is 0 Å². The summed E-state index contributed by atoms with van der Waals surface area (Å²) in [6.45, 7) is 0.345. The van der Waals surface area contributed by atoms with Crippen LogP contribution in [0.2, 0.25) is 0 Å². The lowest BCUT2D eigenvalue weighted by Crippen LogP contribution is -2.48. The molecule has 0 radical (unpaired) electrons. The zero-order valence-corrected chi connectivity index (χ0v) is 13.5. The van der Waals surface area contributed by atoms with Crippen molar-refractivity contribution < 1.29 is 17.9 Å². The third kappa shape index (κ3) is 3.05. The van der Waals surface area contributed by atoms with Crippen LogP contribution in [0.3, 0.4) is 0 Å². The number of carbonyl (C=O) groups is 1. The fourth-order valence-electron chi connectivity index (χ4n) is 2.31. The molecule has 1 aliphatic rings. The van der Waals surface area contributed by atoms with E-state index in [1.165, 1.54) is 23.5 Å². The van der Waals surface area contributed by atoms with Crippen LogP contribution < -0.4 is 0 Å². The van der Waals surface area contributed by atoms with E-state index in [9.17, 15) is 13.2 Å². The van der Waals surface area contributed by atoms with Crippen molar-refractivity contribution in [3.63, 3.8) is 0 Å². The predicted molar refractivity (Wildman–Crippen MR) is 77.7 cm³/mol. The number of halogens is 1. The molecule has 1 unspecified atom stereocenters. The maximum atomic E-state index is 12.6. The predicted octanol–water partition coefficient (Wildman–Crippen LogP) is 2.17. The topological polar surface area (TPSA) is 63.7 Å². The normalized spacial score (nSPS) is 20.6. The van der Waals surface area contributed by atoms with Crippen molar-refractivity contribution in [2.75, 3.05) is 13.7 Å². The molecule has 0 bridgehead atoms. The first-order valence-corrected chi connectivity index (χ1v) is 8.55. The third-order valence-electron chi connectivity index (χ3n) is 3.35. The van der Waals surface area contributed by atoms with E-state index in [4.69, 9.17) is 4.74 Å². The minimum Gasteiger partial charge on any atom is -0.468 e. The Morgan fingerprint density at radius 2 is 1.95 bits per heavy atom. The maximum absolute atomic E-state index is 12.6. The number of benzene rings is 1. The fraction of sp³-hybridized carbons (Fsp3) is 0.462. The van der Waals surface area contributed by atoms with Crippen LogP contribution in [0.4, 0.5) is 0 Å². The molecule has 0 spiro atoms. The van der Waals surface area contributed by atoms with E-state index in [0.29, 0.717) is 13.0 Å². The molecule has 1 aliphatic heterocycles. The lowest BCUT2D eigenvalue weighted by Gasteiger charge is -2.32. The summed E-state index contributed by atoms with van der Waals surface area (Å²) < 4.78 is 32.0. The van der Waals surface area contributed by atoms with Gasteiger partial charge in [0.25, 0.3) is 0 Å². The number of ether oxygens (including phenoxy) is 1.